The molecule has 1 aliphatic heterocycles. The molecular formula is C20H24N4O5. The molecule has 0 aliphatic carbocycles. The maximum Gasteiger partial charge on any atom is 0.330 e. The molecule has 0 unspecified atom stereocenters. The largest absolute Gasteiger partial charge is 0.508 e. The SMILES string of the molecule is COCCn1c(N)c(C(=O)CN2CC=C(c3ccc(O)cc3)CC2)c(=O)[nH]c1=O. The normalized spacial score (nSPS) is 14.6. The maximum atomic E-state index is 12.7. The number of nitrogen functional groups attached to an aromatic ring is 1. The van der Waals surface area contributed by atoms with Crippen molar-refractivity contribution < 1.29 is 14.6 Å². The van der Waals surface area contributed by atoms with Crippen LogP contribution in [0.2, 0.25) is 0 Å². The van der Waals surface area contributed by atoms with Gasteiger partial charge in [-0.1, -0.05) is 18.2 Å². The molecule has 0 bridgehead atoms. The van der Waals surface area contributed by atoms with Crippen LogP contribution < -0.4 is 17.0 Å². The lowest BCUT2D eigenvalue weighted by atomic mass is 9.99. The van der Waals surface area contributed by atoms with Crippen LogP contribution >= 0.6 is 0 Å². The summed E-state index contributed by atoms with van der Waals surface area (Å²) in [7, 11) is 1.48. The van der Waals surface area contributed by atoms with E-state index in [0.717, 1.165) is 22.1 Å². The number of H-pyrrole nitrogens is 1. The molecule has 29 heavy (non-hydrogen) atoms. The quantitative estimate of drug-likeness (QED) is 0.575. The van der Waals surface area contributed by atoms with Gasteiger partial charge in [0.05, 0.1) is 19.7 Å². The smallest absolute Gasteiger partial charge is 0.330 e. The average Bonchev–Trinajstić information content (AvgIpc) is 2.69. The Morgan fingerprint density at radius 2 is 2.00 bits per heavy atom. The molecule has 0 saturated carbocycles. The lowest BCUT2D eigenvalue weighted by molar-refractivity contribution is 0.0935. The highest BCUT2D eigenvalue weighted by Gasteiger charge is 2.22. The maximum absolute atomic E-state index is 12.7. The third-order valence-electron chi connectivity index (χ3n) is 4.94. The van der Waals surface area contributed by atoms with Crippen LogP contribution in [-0.4, -0.2) is 58.7 Å². The van der Waals surface area contributed by atoms with Gasteiger partial charge in [-0.2, -0.15) is 0 Å². The predicted octanol–water partition coefficient (Wildman–Crippen LogP) is 0.443. The zero-order valence-corrected chi connectivity index (χ0v) is 16.2. The first-order chi connectivity index (χ1) is 13.9. The molecule has 2 aromatic rings. The number of rotatable bonds is 7. The van der Waals surface area contributed by atoms with E-state index >= 15 is 0 Å². The van der Waals surface area contributed by atoms with Gasteiger partial charge in [-0.25, -0.2) is 4.79 Å². The number of carbonyl (C=O) groups excluding carboxylic acids is 1. The number of methoxy groups -OCH3 is 1. The second-order valence-corrected chi connectivity index (χ2v) is 6.85. The van der Waals surface area contributed by atoms with Crippen molar-refractivity contribution in [1.82, 2.24) is 14.5 Å². The topological polar surface area (TPSA) is 131 Å². The van der Waals surface area contributed by atoms with E-state index < -0.39 is 17.0 Å². The number of anilines is 1. The first kappa shape index (κ1) is 20.6. The Balaban J connectivity index is 1.73. The highest BCUT2D eigenvalue weighted by Crippen LogP contribution is 2.24. The van der Waals surface area contributed by atoms with Crippen molar-refractivity contribution >= 4 is 17.2 Å². The number of aromatic hydroxyl groups is 1. The third kappa shape index (κ3) is 4.64. The van der Waals surface area contributed by atoms with Crippen molar-refractivity contribution in [2.75, 3.05) is 39.1 Å². The van der Waals surface area contributed by atoms with E-state index in [1.807, 2.05) is 23.1 Å². The van der Waals surface area contributed by atoms with Crippen molar-refractivity contribution in [2.24, 2.45) is 0 Å². The summed E-state index contributed by atoms with van der Waals surface area (Å²) >= 11 is 0. The van der Waals surface area contributed by atoms with Crippen molar-refractivity contribution in [1.29, 1.82) is 0 Å². The second kappa shape index (κ2) is 8.89. The van der Waals surface area contributed by atoms with E-state index in [4.69, 9.17) is 10.5 Å². The van der Waals surface area contributed by atoms with E-state index in [2.05, 4.69) is 4.98 Å². The first-order valence-corrected chi connectivity index (χ1v) is 9.26. The van der Waals surface area contributed by atoms with Crippen LogP contribution in [0.3, 0.4) is 0 Å². The molecule has 0 spiro atoms. The first-order valence-electron chi connectivity index (χ1n) is 9.26. The van der Waals surface area contributed by atoms with Gasteiger partial charge >= 0.3 is 5.69 Å². The Labute approximate surface area is 167 Å². The van der Waals surface area contributed by atoms with Gasteiger partial charge in [0.1, 0.15) is 17.1 Å². The number of nitrogens with two attached hydrogens (primary N) is 1. The second-order valence-electron chi connectivity index (χ2n) is 6.85. The molecule has 0 saturated heterocycles. The molecule has 2 heterocycles. The molecule has 154 valence electrons. The number of nitrogens with zero attached hydrogens (tertiary/aromatic N) is 2. The number of nitrogens with one attached hydrogen (secondary N) is 1. The monoisotopic (exact) mass is 400 g/mol. The molecule has 1 aliphatic rings. The summed E-state index contributed by atoms with van der Waals surface area (Å²) in [4.78, 5) is 40.9. The average molecular weight is 400 g/mol. The minimum atomic E-state index is -0.775. The standard InChI is InChI=1S/C20H24N4O5/c1-29-11-10-24-18(21)17(19(27)22-20(24)28)16(26)12-23-8-6-14(7-9-23)13-2-4-15(25)5-3-13/h2-6,25H,7-12,21H2,1H3,(H,22,27,28). The van der Waals surface area contributed by atoms with Gasteiger partial charge < -0.3 is 15.6 Å². The predicted molar refractivity (Wildman–Crippen MR) is 109 cm³/mol. The molecule has 0 atom stereocenters. The summed E-state index contributed by atoms with van der Waals surface area (Å²) in [5.74, 6) is -0.360. The number of aromatic amines is 1. The minimum absolute atomic E-state index is 0.0229. The lowest BCUT2D eigenvalue weighted by Crippen LogP contribution is -2.40. The van der Waals surface area contributed by atoms with Crippen LogP contribution in [0, 0.1) is 0 Å². The summed E-state index contributed by atoms with van der Waals surface area (Å²) in [6.45, 7) is 1.57. The number of phenolic OH excluding ortho intramolecular Hbond substituents is 1. The van der Waals surface area contributed by atoms with E-state index in [-0.39, 0.29) is 36.8 Å². The van der Waals surface area contributed by atoms with Gasteiger partial charge in [-0.15, -0.1) is 0 Å². The van der Waals surface area contributed by atoms with Gasteiger partial charge in [-0.3, -0.25) is 24.0 Å². The number of carbonyl (C=O) groups is 1. The van der Waals surface area contributed by atoms with Crippen LogP contribution in [0.1, 0.15) is 22.3 Å². The van der Waals surface area contributed by atoms with Crippen molar-refractivity contribution in [2.45, 2.75) is 13.0 Å². The number of ketones is 1. The van der Waals surface area contributed by atoms with Gasteiger partial charge in [0.15, 0.2) is 5.78 Å². The third-order valence-corrected chi connectivity index (χ3v) is 4.94. The van der Waals surface area contributed by atoms with E-state index in [9.17, 15) is 19.5 Å². The summed E-state index contributed by atoms with van der Waals surface area (Å²) in [6, 6.07) is 6.98. The van der Waals surface area contributed by atoms with Crippen LogP contribution in [0.4, 0.5) is 5.82 Å². The molecule has 9 heteroatoms. The van der Waals surface area contributed by atoms with Crippen LogP contribution in [0.25, 0.3) is 5.57 Å². The summed E-state index contributed by atoms with van der Waals surface area (Å²) in [5.41, 5.74) is 6.48. The fraction of sp³-hybridized carbons (Fsp3) is 0.350. The zero-order chi connectivity index (χ0) is 21.0. The Hall–Kier alpha value is -3.17. The zero-order valence-electron chi connectivity index (χ0n) is 16.2. The number of phenols is 1. The minimum Gasteiger partial charge on any atom is -0.508 e. The Morgan fingerprint density at radius 3 is 2.62 bits per heavy atom. The lowest BCUT2D eigenvalue weighted by Gasteiger charge is -2.26. The number of aromatic nitrogens is 2. The number of hydrogen-bond donors (Lipinski definition) is 3. The number of Topliss-reactive ketones (excluding diaryl/α,β-unsaturated/α-hetero) is 1. The molecule has 3 rings (SSSR count). The van der Waals surface area contributed by atoms with E-state index in [1.54, 1.807) is 12.1 Å². The van der Waals surface area contributed by atoms with Crippen molar-refractivity contribution in [3.05, 3.63) is 62.3 Å². The summed E-state index contributed by atoms with van der Waals surface area (Å²) in [5, 5.41) is 9.40. The fourth-order valence-corrected chi connectivity index (χ4v) is 3.34. The van der Waals surface area contributed by atoms with Crippen LogP contribution in [0.5, 0.6) is 5.75 Å². The molecule has 0 fully saturated rings. The molecular weight excluding hydrogens is 376 g/mol. The fourth-order valence-electron chi connectivity index (χ4n) is 3.34. The molecule has 0 radical (unpaired) electrons. The number of benzene rings is 1. The molecule has 4 N–H and O–H groups in total. The van der Waals surface area contributed by atoms with Gasteiger partial charge in [-0.05, 0) is 29.7 Å². The van der Waals surface area contributed by atoms with E-state index in [1.165, 1.54) is 7.11 Å². The van der Waals surface area contributed by atoms with Gasteiger partial charge in [0.2, 0.25) is 0 Å². The molecule has 9 nitrogen and oxygen atoms in total. The highest BCUT2D eigenvalue weighted by molar-refractivity contribution is 6.01. The number of ether oxygens (including phenoxy) is 1. The highest BCUT2D eigenvalue weighted by atomic mass is 16.5. The van der Waals surface area contributed by atoms with E-state index in [0.29, 0.717) is 13.1 Å². The number of hydrogen-bond acceptors (Lipinski definition) is 7. The van der Waals surface area contributed by atoms with Crippen LogP contribution in [0.15, 0.2) is 39.9 Å². The van der Waals surface area contributed by atoms with Crippen molar-refractivity contribution in [3.63, 3.8) is 0 Å². The Bertz CT molecular complexity index is 1040. The van der Waals surface area contributed by atoms with Crippen molar-refractivity contribution in [3.8, 4) is 5.75 Å². The summed E-state index contributed by atoms with van der Waals surface area (Å²) < 4.78 is 6.08. The van der Waals surface area contributed by atoms with Gasteiger partial charge in [0, 0.05) is 20.2 Å². The molecule has 1 aromatic heterocycles. The summed E-state index contributed by atoms with van der Waals surface area (Å²) in [6.07, 6.45) is 2.76. The molecule has 1 aromatic carbocycles. The Kier molecular flexibility index (Phi) is 6.30. The Morgan fingerprint density at radius 1 is 1.28 bits per heavy atom. The van der Waals surface area contributed by atoms with Crippen LogP contribution in [-0.2, 0) is 11.3 Å². The van der Waals surface area contributed by atoms with Gasteiger partial charge in [0.25, 0.3) is 5.56 Å². The molecule has 0 amide bonds.